The number of rotatable bonds is 7. The normalized spacial score (nSPS) is 10.0. The maximum Gasteiger partial charge on any atom is 0.316 e. The topological polar surface area (TPSA) is 94.4 Å². The van der Waals surface area contributed by atoms with Gasteiger partial charge in [-0.25, -0.2) is 4.98 Å². The van der Waals surface area contributed by atoms with Crippen LogP contribution in [0.15, 0.2) is 17.2 Å². The van der Waals surface area contributed by atoms with Crippen LogP contribution in [-0.2, 0) is 9.53 Å². The number of carbonyl (C=O) groups excluding carboxylic acids is 1. The molecular weight excluding hydrogens is 270 g/mol. The number of hydrogen-bond acceptors (Lipinski definition) is 7. The van der Waals surface area contributed by atoms with Gasteiger partial charge in [0.2, 0.25) is 0 Å². The molecule has 0 aliphatic heterocycles. The van der Waals surface area contributed by atoms with Crippen molar-refractivity contribution in [3.63, 3.8) is 0 Å². The minimum absolute atomic E-state index is 0.0580. The first-order valence-electron chi connectivity index (χ1n) is 5.75. The van der Waals surface area contributed by atoms with Crippen molar-refractivity contribution in [2.45, 2.75) is 18.9 Å². The van der Waals surface area contributed by atoms with Gasteiger partial charge < -0.3 is 10.1 Å². The molecule has 0 aliphatic rings. The largest absolute Gasteiger partial charge is 0.465 e. The molecule has 0 aromatic carbocycles. The van der Waals surface area contributed by atoms with Crippen molar-refractivity contribution in [3.8, 4) is 0 Å². The van der Waals surface area contributed by atoms with Crippen LogP contribution >= 0.6 is 11.8 Å². The highest BCUT2D eigenvalue weighted by atomic mass is 32.2. The molecule has 0 saturated heterocycles. The molecule has 1 rings (SSSR count). The van der Waals surface area contributed by atoms with Crippen LogP contribution in [0.25, 0.3) is 0 Å². The highest BCUT2D eigenvalue weighted by Crippen LogP contribution is 2.24. The molecule has 8 heteroatoms. The summed E-state index contributed by atoms with van der Waals surface area (Å²) >= 11 is 1.11. The van der Waals surface area contributed by atoms with E-state index in [-0.39, 0.29) is 17.4 Å². The summed E-state index contributed by atoms with van der Waals surface area (Å²) in [6.07, 6.45) is 0. The Morgan fingerprint density at radius 1 is 1.53 bits per heavy atom. The first-order valence-corrected chi connectivity index (χ1v) is 6.74. The molecule has 1 aromatic heterocycles. The fraction of sp³-hybridized carbons (Fsp3) is 0.455. The Morgan fingerprint density at radius 3 is 2.84 bits per heavy atom. The highest BCUT2D eigenvalue weighted by molar-refractivity contribution is 7.99. The second-order valence-electron chi connectivity index (χ2n) is 3.43. The Kier molecular flexibility index (Phi) is 6.07. The van der Waals surface area contributed by atoms with Gasteiger partial charge in [0.1, 0.15) is 10.8 Å². The van der Waals surface area contributed by atoms with Crippen LogP contribution in [0.4, 0.5) is 11.5 Å². The van der Waals surface area contributed by atoms with E-state index in [4.69, 9.17) is 4.74 Å². The molecule has 104 valence electrons. The number of aromatic nitrogens is 1. The molecule has 0 atom stereocenters. The van der Waals surface area contributed by atoms with E-state index in [9.17, 15) is 14.9 Å². The number of pyridine rings is 1. The molecule has 0 unspecified atom stereocenters. The molecular formula is C11H15N3O4S. The summed E-state index contributed by atoms with van der Waals surface area (Å²) in [5.41, 5.74) is -0.0580. The lowest BCUT2D eigenvalue weighted by Gasteiger charge is -2.05. The number of hydrogen-bond donors (Lipinski definition) is 1. The molecule has 1 N–H and O–H groups in total. The van der Waals surface area contributed by atoms with Gasteiger partial charge in [0.15, 0.2) is 0 Å². The first kappa shape index (κ1) is 15.2. The van der Waals surface area contributed by atoms with Crippen LogP contribution in [0.1, 0.15) is 13.8 Å². The van der Waals surface area contributed by atoms with Crippen LogP contribution in [0.5, 0.6) is 0 Å². The number of nitro groups is 1. The Morgan fingerprint density at radius 2 is 2.26 bits per heavy atom. The second-order valence-corrected chi connectivity index (χ2v) is 4.43. The molecule has 19 heavy (non-hydrogen) atoms. The number of thioether (sulfide) groups is 1. The highest BCUT2D eigenvalue weighted by Gasteiger charge is 2.12. The average molecular weight is 285 g/mol. The summed E-state index contributed by atoms with van der Waals surface area (Å²) in [5.74, 6) is 0.127. The van der Waals surface area contributed by atoms with Crippen LogP contribution < -0.4 is 5.32 Å². The smallest absolute Gasteiger partial charge is 0.316 e. The van der Waals surface area contributed by atoms with E-state index in [0.717, 1.165) is 11.8 Å². The molecule has 0 spiro atoms. The van der Waals surface area contributed by atoms with Crippen molar-refractivity contribution in [1.29, 1.82) is 0 Å². The zero-order chi connectivity index (χ0) is 14.3. The lowest BCUT2D eigenvalue weighted by molar-refractivity contribution is -0.385. The predicted octanol–water partition coefficient (Wildman–Crippen LogP) is 2.08. The molecule has 0 fully saturated rings. The zero-order valence-corrected chi connectivity index (χ0v) is 11.5. The maximum absolute atomic E-state index is 11.2. The molecule has 7 nitrogen and oxygen atoms in total. The van der Waals surface area contributed by atoms with Gasteiger partial charge in [-0.1, -0.05) is 11.8 Å². The van der Waals surface area contributed by atoms with Gasteiger partial charge in [-0.05, 0) is 13.8 Å². The first-order chi connectivity index (χ1) is 9.06. The number of nitrogens with zero attached hydrogens (tertiary/aromatic N) is 2. The van der Waals surface area contributed by atoms with E-state index in [2.05, 4.69) is 10.3 Å². The third kappa shape index (κ3) is 5.12. The minimum atomic E-state index is -0.489. The number of nitrogens with one attached hydrogen (secondary N) is 1. The van der Waals surface area contributed by atoms with Crippen molar-refractivity contribution >= 4 is 29.2 Å². The van der Waals surface area contributed by atoms with Crippen molar-refractivity contribution in [3.05, 3.63) is 22.2 Å². The second kappa shape index (κ2) is 7.57. The van der Waals surface area contributed by atoms with Crippen LogP contribution in [0, 0.1) is 10.1 Å². The van der Waals surface area contributed by atoms with Crippen molar-refractivity contribution in [2.24, 2.45) is 0 Å². The van der Waals surface area contributed by atoms with E-state index in [0.29, 0.717) is 24.0 Å². The van der Waals surface area contributed by atoms with Gasteiger partial charge in [-0.3, -0.25) is 14.9 Å². The van der Waals surface area contributed by atoms with E-state index < -0.39 is 4.92 Å². The van der Waals surface area contributed by atoms with Crippen LogP contribution in [0.2, 0.25) is 0 Å². The fourth-order valence-corrected chi connectivity index (χ4v) is 1.99. The zero-order valence-electron chi connectivity index (χ0n) is 10.7. The van der Waals surface area contributed by atoms with Crippen molar-refractivity contribution in [1.82, 2.24) is 4.98 Å². The predicted molar refractivity (Wildman–Crippen MR) is 72.4 cm³/mol. The fourth-order valence-electron chi connectivity index (χ4n) is 1.28. The summed E-state index contributed by atoms with van der Waals surface area (Å²) in [6, 6.07) is 2.70. The van der Waals surface area contributed by atoms with Gasteiger partial charge in [0.05, 0.1) is 23.3 Å². The summed E-state index contributed by atoms with van der Waals surface area (Å²) in [6.45, 7) is 4.50. The molecule has 0 radical (unpaired) electrons. The summed E-state index contributed by atoms with van der Waals surface area (Å²) in [5, 5.41) is 14.1. The van der Waals surface area contributed by atoms with Gasteiger partial charge in [-0.2, -0.15) is 0 Å². The Bertz CT molecular complexity index is 467. The summed E-state index contributed by atoms with van der Waals surface area (Å²) in [4.78, 5) is 25.7. The monoisotopic (exact) mass is 285 g/mol. The summed E-state index contributed by atoms with van der Waals surface area (Å²) < 4.78 is 4.78. The molecule has 1 aromatic rings. The molecule has 0 saturated carbocycles. The van der Waals surface area contributed by atoms with Crippen LogP contribution in [0.3, 0.4) is 0 Å². The quantitative estimate of drug-likeness (QED) is 0.354. The SMILES string of the molecule is CCNc1cc([N+](=O)[O-])cc(SCC(=O)OCC)n1. The van der Waals surface area contributed by atoms with E-state index in [1.54, 1.807) is 6.92 Å². The Labute approximate surface area is 114 Å². The van der Waals surface area contributed by atoms with Gasteiger partial charge >= 0.3 is 5.97 Å². The third-order valence-corrected chi connectivity index (χ3v) is 2.88. The molecule has 1 heterocycles. The van der Waals surface area contributed by atoms with Crippen molar-refractivity contribution in [2.75, 3.05) is 24.2 Å². The minimum Gasteiger partial charge on any atom is -0.465 e. The number of ether oxygens (including phenoxy) is 1. The van der Waals surface area contributed by atoms with Gasteiger partial charge in [0, 0.05) is 12.6 Å². The number of esters is 1. The molecule has 0 bridgehead atoms. The van der Waals surface area contributed by atoms with E-state index in [1.807, 2.05) is 6.92 Å². The Hall–Kier alpha value is -1.83. The maximum atomic E-state index is 11.2. The lowest BCUT2D eigenvalue weighted by atomic mass is 10.4. The molecule has 0 amide bonds. The van der Waals surface area contributed by atoms with E-state index in [1.165, 1.54) is 12.1 Å². The van der Waals surface area contributed by atoms with E-state index >= 15 is 0 Å². The van der Waals surface area contributed by atoms with Crippen LogP contribution in [-0.4, -0.2) is 34.8 Å². The Balaban J connectivity index is 2.81. The number of anilines is 1. The summed E-state index contributed by atoms with van der Waals surface area (Å²) in [7, 11) is 0. The average Bonchev–Trinajstić information content (AvgIpc) is 2.37. The van der Waals surface area contributed by atoms with Gasteiger partial charge in [-0.15, -0.1) is 0 Å². The van der Waals surface area contributed by atoms with Gasteiger partial charge in [0.25, 0.3) is 5.69 Å². The third-order valence-electron chi connectivity index (χ3n) is 2.00. The lowest BCUT2D eigenvalue weighted by Crippen LogP contribution is -2.07. The van der Waals surface area contributed by atoms with Crippen molar-refractivity contribution < 1.29 is 14.5 Å². The standard InChI is InChI=1S/C11H15N3O4S/c1-3-12-9-5-8(14(16)17)6-10(13-9)19-7-11(15)18-4-2/h5-6H,3-4,7H2,1-2H3,(H,12,13). The number of carbonyl (C=O) groups is 1. The molecule has 0 aliphatic carbocycles.